The molecule has 0 spiro atoms. The molecule has 4 nitrogen and oxygen atoms in total. The van der Waals surface area contributed by atoms with Crippen LogP contribution in [0.2, 0.25) is 0 Å². The average Bonchev–Trinajstić information content (AvgIpc) is 3.06. The van der Waals surface area contributed by atoms with Gasteiger partial charge in [0.05, 0.1) is 0 Å². The minimum atomic E-state index is 0. The molecule has 3 rings (SSSR count). The van der Waals surface area contributed by atoms with Crippen molar-refractivity contribution in [1.82, 2.24) is 10.2 Å². The highest BCUT2D eigenvalue weighted by Crippen LogP contribution is 2.24. The number of carbonyl (C=O) groups is 1. The maximum absolute atomic E-state index is 11.6. The number of likely N-dealkylation sites (tertiary alicyclic amines) is 1. The fourth-order valence-corrected chi connectivity index (χ4v) is 3.53. The summed E-state index contributed by atoms with van der Waals surface area (Å²) in [4.78, 5) is 13.6. The fourth-order valence-electron chi connectivity index (χ4n) is 3.12. The van der Waals surface area contributed by atoms with Gasteiger partial charge in [0.25, 0.3) is 0 Å². The number of nitrogens with one attached hydrogen (secondary N) is 1. The lowest BCUT2D eigenvalue weighted by Crippen LogP contribution is -2.28. The van der Waals surface area contributed by atoms with Gasteiger partial charge in [0.15, 0.2) is 0 Å². The smallest absolute Gasteiger partial charge is 0.222 e. The van der Waals surface area contributed by atoms with Gasteiger partial charge in [-0.05, 0) is 43.1 Å². The number of benzene rings is 2. The number of hydrogen-bond acceptors (Lipinski definition) is 3. The van der Waals surface area contributed by atoms with Crippen molar-refractivity contribution in [2.45, 2.75) is 32.4 Å². The van der Waals surface area contributed by atoms with Crippen LogP contribution in [0.3, 0.4) is 0 Å². The van der Waals surface area contributed by atoms with Gasteiger partial charge in [-0.2, -0.15) is 0 Å². The Hall–Kier alpha value is -1.56. The maximum atomic E-state index is 11.6. The van der Waals surface area contributed by atoms with Crippen LogP contribution in [-0.4, -0.2) is 30.4 Å². The molecular formula is C21H26BrClN2O2. The molecule has 146 valence electrons. The minimum Gasteiger partial charge on any atom is -0.489 e. The molecule has 1 N–H and O–H groups in total. The Morgan fingerprint density at radius 1 is 1.15 bits per heavy atom. The molecule has 2 aromatic rings. The van der Waals surface area contributed by atoms with E-state index in [1.807, 2.05) is 35.2 Å². The van der Waals surface area contributed by atoms with Crippen molar-refractivity contribution in [2.75, 3.05) is 19.6 Å². The van der Waals surface area contributed by atoms with Crippen LogP contribution in [-0.2, 0) is 17.9 Å². The van der Waals surface area contributed by atoms with Crippen molar-refractivity contribution in [3.05, 3.63) is 64.1 Å². The minimum absolute atomic E-state index is 0. The summed E-state index contributed by atoms with van der Waals surface area (Å²) >= 11 is 3.54. The van der Waals surface area contributed by atoms with Crippen LogP contribution in [0.4, 0.5) is 0 Å². The first-order valence-electron chi connectivity index (χ1n) is 9.16. The van der Waals surface area contributed by atoms with E-state index in [-0.39, 0.29) is 12.4 Å². The summed E-state index contributed by atoms with van der Waals surface area (Å²) in [5, 5.41) is 3.47. The van der Waals surface area contributed by atoms with Gasteiger partial charge in [-0.1, -0.05) is 46.3 Å². The van der Waals surface area contributed by atoms with E-state index >= 15 is 0 Å². The van der Waals surface area contributed by atoms with E-state index < -0.39 is 0 Å². The molecule has 1 heterocycles. The molecule has 0 aromatic heterocycles. The van der Waals surface area contributed by atoms with Gasteiger partial charge in [0.2, 0.25) is 5.91 Å². The predicted octanol–water partition coefficient (Wildman–Crippen LogP) is 4.55. The third kappa shape index (κ3) is 6.83. The molecule has 0 bridgehead atoms. The topological polar surface area (TPSA) is 41.6 Å². The van der Waals surface area contributed by atoms with Crippen LogP contribution in [0, 0.1) is 0 Å². The van der Waals surface area contributed by atoms with Gasteiger partial charge in [-0.25, -0.2) is 0 Å². The third-order valence-corrected chi connectivity index (χ3v) is 5.02. The van der Waals surface area contributed by atoms with E-state index in [0.29, 0.717) is 18.9 Å². The highest BCUT2D eigenvalue weighted by Gasteiger charge is 2.18. The summed E-state index contributed by atoms with van der Waals surface area (Å²) in [6.45, 7) is 3.96. The first-order chi connectivity index (χ1) is 12.7. The second kappa shape index (κ2) is 11.3. The van der Waals surface area contributed by atoms with Gasteiger partial charge < -0.3 is 15.0 Å². The van der Waals surface area contributed by atoms with E-state index in [1.54, 1.807) is 0 Å². The van der Waals surface area contributed by atoms with Crippen LogP contribution in [0.1, 0.15) is 30.4 Å². The highest BCUT2D eigenvalue weighted by molar-refractivity contribution is 9.10. The monoisotopic (exact) mass is 452 g/mol. The standard InChI is InChI=1S/C21H25BrN2O2.ClH/c22-19-9-10-20(26-16-17-6-2-1-3-7-17)18(14-19)15-23-11-5-13-24-12-4-8-21(24)25;/h1-3,6-7,9-10,14,23H,4-5,8,11-13,15-16H2;1H. The van der Waals surface area contributed by atoms with Crippen molar-refractivity contribution in [3.8, 4) is 5.75 Å². The summed E-state index contributed by atoms with van der Waals surface area (Å²) in [5.41, 5.74) is 2.29. The van der Waals surface area contributed by atoms with Crippen LogP contribution in [0.25, 0.3) is 0 Å². The molecule has 0 radical (unpaired) electrons. The van der Waals surface area contributed by atoms with Gasteiger partial charge in [0.1, 0.15) is 12.4 Å². The number of halogens is 2. The van der Waals surface area contributed by atoms with Gasteiger partial charge in [-0.3, -0.25) is 4.79 Å². The van der Waals surface area contributed by atoms with Crippen molar-refractivity contribution < 1.29 is 9.53 Å². The summed E-state index contributed by atoms with van der Waals surface area (Å²) < 4.78 is 7.06. The number of carbonyl (C=O) groups excluding carboxylic acids is 1. The lowest BCUT2D eigenvalue weighted by Gasteiger charge is -2.16. The highest BCUT2D eigenvalue weighted by atomic mass is 79.9. The van der Waals surface area contributed by atoms with Gasteiger partial charge in [-0.15, -0.1) is 12.4 Å². The zero-order valence-corrected chi connectivity index (χ0v) is 17.7. The zero-order chi connectivity index (χ0) is 18.2. The van der Waals surface area contributed by atoms with Crippen molar-refractivity contribution in [3.63, 3.8) is 0 Å². The molecule has 1 aliphatic heterocycles. The van der Waals surface area contributed by atoms with E-state index in [2.05, 4.69) is 39.4 Å². The molecule has 0 unspecified atom stereocenters. The molecule has 1 aliphatic rings. The van der Waals surface area contributed by atoms with Crippen molar-refractivity contribution in [1.29, 1.82) is 0 Å². The van der Waals surface area contributed by atoms with Crippen LogP contribution in [0.5, 0.6) is 5.75 Å². The van der Waals surface area contributed by atoms with Crippen molar-refractivity contribution >= 4 is 34.2 Å². The lowest BCUT2D eigenvalue weighted by atomic mass is 10.2. The number of amides is 1. The molecule has 6 heteroatoms. The van der Waals surface area contributed by atoms with Crippen LogP contribution in [0.15, 0.2) is 53.0 Å². The van der Waals surface area contributed by atoms with Crippen LogP contribution < -0.4 is 10.1 Å². The van der Waals surface area contributed by atoms with E-state index in [9.17, 15) is 4.79 Å². The van der Waals surface area contributed by atoms with E-state index in [0.717, 1.165) is 60.4 Å². The lowest BCUT2D eigenvalue weighted by molar-refractivity contribution is -0.127. The van der Waals surface area contributed by atoms with Gasteiger partial charge in [0, 0.05) is 36.1 Å². The first-order valence-corrected chi connectivity index (χ1v) is 9.95. The normalized spacial score (nSPS) is 13.5. The first kappa shape index (κ1) is 21.7. The fraction of sp³-hybridized carbons (Fsp3) is 0.381. The molecular weight excluding hydrogens is 428 g/mol. The van der Waals surface area contributed by atoms with Gasteiger partial charge >= 0.3 is 0 Å². The Bertz CT molecular complexity index is 727. The largest absolute Gasteiger partial charge is 0.489 e. The molecule has 1 fully saturated rings. The Balaban J connectivity index is 0.00000261. The zero-order valence-electron chi connectivity index (χ0n) is 15.3. The van der Waals surface area contributed by atoms with Crippen molar-refractivity contribution in [2.24, 2.45) is 0 Å². The molecule has 1 saturated heterocycles. The predicted molar refractivity (Wildman–Crippen MR) is 114 cm³/mol. The second-order valence-electron chi connectivity index (χ2n) is 6.54. The third-order valence-electron chi connectivity index (χ3n) is 4.53. The Morgan fingerprint density at radius 3 is 2.70 bits per heavy atom. The molecule has 27 heavy (non-hydrogen) atoms. The Morgan fingerprint density at radius 2 is 1.96 bits per heavy atom. The summed E-state index contributed by atoms with van der Waals surface area (Å²) in [7, 11) is 0. The Kier molecular flexibility index (Phi) is 9.11. The van der Waals surface area contributed by atoms with E-state index in [1.165, 1.54) is 0 Å². The quantitative estimate of drug-likeness (QED) is 0.566. The number of hydrogen-bond donors (Lipinski definition) is 1. The molecule has 0 saturated carbocycles. The van der Waals surface area contributed by atoms with Crippen LogP contribution >= 0.6 is 28.3 Å². The summed E-state index contributed by atoms with van der Waals surface area (Å²) in [6.07, 6.45) is 2.69. The number of rotatable bonds is 9. The molecule has 0 atom stereocenters. The summed E-state index contributed by atoms with van der Waals surface area (Å²) in [6, 6.07) is 16.3. The van der Waals surface area contributed by atoms with E-state index in [4.69, 9.17) is 4.74 Å². The average molecular weight is 454 g/mol. The second-order valence-corrected chi connectivity index (χ2v) is 7.46. The Labute approximate surface area is 175 Å². The SMILES string of the molecule is Cl.O=C1CCCN1CCCNCc1cc(Br)ccc1OCc1ccccc1. The summed E-state index contributed by atoms with van der Waals surface area (Å²) in [5.74, 6) is 1.20. The maximum Gasteiger partial charge on any atom is 0.222 e. The number of nitrogens with zero attached hydrogens (tertiary/aromatic N) is 1. The number of ether oxygens (including phenoxy) is 1. The molecule has 0 aliphatic carbocycles. The molecule has 2 aromatic carbocycles. The molecule has 1 amide bonds.